The number of thiocarbonyl (C=S) groups is 1. The highest BCUT2D eigenvalue weighted by atomic mass is 32.2. The highest BCUT2D eigenvalue weighted by molar-refractivity contribution is 8.26. The van der Waals surface area contributed by atoms with Crippen LogP contribution in [0.25, 0.3) is 17.3 Å². The summed E-state index contributed by atoms with van der Waals surface area (Å²) in [5.74, 6) is -0.924. The van der Waals surface area contributed by atoms with E-state index in [1.165, 1.54) is 11.8 Å². The minimum absolute atomic E-state index is 0.124. The van der Waals surface area contributed by atoms with Crippen molar-refractivity contribution in [3.8, 4) is 11.3 Å². The van der Waals surface area contributed by atoms with Crippen LogP contribution >= 0.6 is 24.0 Å². The van der Waals surface area contributed by atoms with Crippen molar-refractivity contribution in [2.45, 2.75) is 32.2 Å². The molecule has 1 fully saturated rings. The van der Waals surface area contributed by atoms with E-state index in [1.807, 2.05) is 59.4 Å². The Morgan fingerprint density at radius 2 is 1.94 bits per heavy atom. The van der Waals surface area contributed by atoms with E-state index in [4.69, 9.17) is 22.4 Å². The number of thioether (sulfide) groups is 1. The second kappa shape index (κ2) is 11.2. The standard InChI is InChI=1S/C25H24N4O3S2/c30-22(31)11-5-2-6-13-29-24(32)21(34-25(29)33)14-20-17-28(16-18-8-3-1-4-9-18)27-23(20)19-10-7-12-26-15-19/h1,3-4,7-10,12,14-15,17H,2,5-6,11,13,16H2,(H,30,31)/b21-14+. The monoisotopic (exact) mass is 492 g/mol. The van der Waals surface area contributed by atoms with Crippen LogP contribution in [-0.4, -0.2) is 47.5 Å². The van der Waals surface area contributed by atoms with Crippen molar-refractivity contribution in [1.82, 2.24) is 19.7 Å². The van der Waals surface area contributed by atoms with Crippen LogP contribution in [0, 0.1) is 0 Å². The SMILES string of the molecule is O=C(O)CCCCCN1C(=O)/C(=C\c2cn(Cc3ccccc3)nc2-c2cccnc2)SC1=S. The number of hydrogen-bond donors (Lipinski definition) is 1. The normalized spacial score (nSPS) is 14.8. The van der Waals surface area contributed by atoms with E-state index < -0.39 is 5.97 Å². The Bertz CT molecular complexity index is 1210. The van der Waals surface area contributed by atoms with Crippen LogP contribution in [0.15, 0.2) is 66.0 Å². The summed E-state index contributed by atoms with van der Waals surface area (Å²) >= 11 is 6.74. The Morgan fingerprint density at radius 3 is 2.68 bits per heavy atom. The summed E-state index contributed by atoms with van der Waals surface area (Å²) in [6, 6.07) is 13.9. The fraction of sp³-hybridized carbons (Fsp3) is 0.240. The lowest BCUT2D eigenvalue weighted by atomic mass is 10.1. The van der Waals surface area contributed by atoms with Crippen LogP contribution in [0.4, 0.5) is 0 Å². The van der Waals surface area contributed by atoms with E-state index in [1.54, 1.807) is 17.3 Å². The zero-order valence-electron chi connectivity index (χ0n) is 18.5. The highest BCUT2D eigenvalue weighted by Crippen LogP contribution is 2.34. The molecule has 0 saturated carbocycles. The smallest absolute Gasteiger partial charge is 0.303 e. The molecule has 34 heavy (non-hydrogen) atoms. The summed E-state index contributed by atoms with van der Waals surface area (Å²) in [5.41, 5.74) is 3.58. The van der Waals surface area contributed by atoms with Crippen molar-refractivity contribution >= 4 is 46.3 Å². The number of nitrogens with zero attached hydrogens (tertiary/aromatic N) is 4. The van der Waals surface area contributed by atoms with Gasteiger partial charge in [0.15, 0.2) is 0 Å². The lowest BCUT2D eigenvalue weighted by Gasteiger charge is -2.13. The van der Waals surface area contributed by atoms with E-state index in [9.17, 15) is 9.59 Å². The molecule has 1 aromatic carbocycles. The molecule has 4 rings (SSSR count). The van der Waals surface area contributed by atoms with E-state index >= 15 is 0 Å². The quantitative estimate of drug-likeness (QED) is 0.246. The molecule has 2 aromatic heterocycles. The van der Waals surface area contributed by atoms with Crippen LogP contribution < -0.4 is 0 Å². The highest BCUT2D eigenvalue weighted by Gasteiger charge is 2.32. The molecule has 1 saturated heterocycles. The Morgan fingerprint density at radius 1 is 1.12 bits per heavy atom. The number of carboxylic acid groups (broad SMARTS) is 1. The molecule has 0 bridgehead atoms. The summed E-state index contributed by atoms with van der Waals surface area (Å²) < 4.78 is 2.39. The van der Waals surface area contributed by atoms with Gasteiger partial charge in [0, 0.05) is 42.7 Å². The van der Waals surface area contributed by atoms with Gasteiger partial charge < -0.3 is 5.11 Å². The van der Waals surface area contributed by atoms with Gasteiger partial charge in [-0.1, -0.05) is 60.7 Å². The first-order valence-corrected chi connectivity index (χ1v) is 12.2. The van der Waals surface area contributed by atoms with Gasteiger partial charge in [-0.25, -0.2) is 0 Å². The van der Waals surface area contributed by atoms with E-state index in [2.05, 4.69) is 4.98 Å². The van der Waals surface area contributed by atoms with Gasteiger partial charge in [-0.2, -0.15) is 5.10 Å². The molecule has 0 aliphatic carbocycles. The third-order valence-electron chi connectivity index (χ3n) is 5.34. The van der Waals surface area contributed by atoms with Gasteiger partial charge in [0.2, 0.25) is 0 Å². The molecule has 0 spiro atoms. The first-order valence-electron chi connectivity index (χ1n) is 11.0. The maximum Gasteiger partial charge on any atom is 0.303 e. The van der Waals surface area contributed by atoms with Crippen LogP contribution in [0.1, 0.15) is 36.8 Å². The fourth-order valence-corrected chi connectivity index (χ4v) is 4.98. The lowest BCUT2D eigenvalue weighted by molar-refractivity contribution is -0.137. The van der Waals surface area contributed by atoms with Gasteiger partial charge in [-0.3, -0.25) is 24.2 Å². The van der Waals surface area contributed by atoms with Crippen LogP contribution in [0.2, 0.25) is 0 Å². The number of rotatable bonds is 10. The molecular formula is C25H24N4O3S2. The maximum absolute atomic E-state index is 13.1. The third kappa shape index (κ3) is 5.98. The molecule has 174 valence electrons. The van der Waals surface area contributed by atoms with Gasteiger partial charge in [-0.15, -0.1) is 0 Å². The summed E-state index contributed by atoms with van der Waals surface area (Å²) in [5, 5.41) is 13.5. The minimum atomic E-state index is -0.800. The average Bonchev–Trinajstić information content (AvgIpc) is 3.35. The number of amides is 1. The first kappa shape index (κ1) is 23.8. The zero-order valence-corrected chi connectivity index (χ0v) is 20.1. The van der Waals surface area contributed by atoms with Gasteiger partial charge in [0.05, 0.1) is 11.4 Å². The van der Waals surface area contributed by atoms with E-state index in [-0.39, 0.29) is 12.3 Å². The molecule has 1 aliphatic heterocycles. The largest absolute Gasteiger partial charge is 0.481 e. The summed E-state index contributed by atoms with van der Waals surface area (Å²) in [6.45, 7) is 1.10. The third-order valence-corrected chi connectivity index (χ3v) is 6.72. The molecule has 1 aliphatic rings. The van der Waals surface area contributed by atoms with Crippen molar-refractivity contribution in [1.29, 1.82) is 0 Å². The van der Waals surface area contributed by atoms with Crippen LogP contribution in [0.5, 0.6) is 0 Å². The lowest BCUT2D eigenvalue weighted by Crippen LogP contribution is -2.29. The summed E-state index contributed by atoms with van der Waals surface area (Å²) in [4.78, 5) is 30.1. The minimum Gasteiger partial charge on any atom is -0.481 e. The molecule has 3 aromatic rings. The molecule has 0 unspecified atom stereocenters. The Balaban J connectivity index is 1.54. The molecule has 3 heterocycles. The topological polar surface area (TPSA) is 88.3 Å². The number of aliphatic carboxylic acids is 1. The maximum atomic E-state index is 13.1. The molecular weight excluding hydrogens is 468 g/mol. The van der Waals surface area contributed by atoms with Crippen molar-refractivity contribution < 1.29 is 14.7 Å². The molecule has 9 heteroatoms. The first-order chi connectivity index (χ1) is 16.5. The number of carbonyl (C=O) groups is 2. The van der Waals surface area contributed by atoms with E-state index in [0.717, 1.165) is 28.8 Å². The Kier molecular flexibility index (Phi) is 7.87. The zero-order chi connectivity index (χ0) is 23.9. The van der Waals surface area contributed by atoms with Crippen LogP contribution in [-0.2, 0) is 16.1 Å². The number of benzene rings is 1. The van der Waals surface area contributed by atoms with Crippen molar-refractivity contribution in [2.75, 3.05) is 6.54 Å². The van der Waals surface area contributed by atoms with Gasteiger partial charge >= 0.3 is 5.97 Å². The second-order valence-electron chi connectivity index (χ2n) is 7.90. The molecule has 1 amide bonds. The van der Waals surface area contributed by atoms with Gasteiger partial charge in [-0.05, 0) is 36.6 Å². The number of carboxylic acids is 1. The second-order valence-corrected chi connectivity index (χ2v) is 9.57. The molecule has 0 atom stereocenters. The number of pyridine rings is 1. The molecule has 0 radical (unpaired) electrons. The Hall–Kier alpha value is -3.30. The summed E-state index contributed by atoms with van der Waals surface area (Å²) in [6.07, 6.45) is 9.44. The predicted molar refractivity (Wildman–Crippen MR) is 137 cm³/mol. The molecule has 7 nitrogen and oxygen atoms in total. The summed E-state index contributed by atoms with van der Waals surface area (Å²) in [7, 11) is 0. The van der Waals surface area contributed by atoms with Crippen molar-refractivity contribution in [3.63, 3.8) is 0 Å². The number of unbranched alkanes of at least 4 members (excludes halogenated alkanes) is 2. The van der Waals surface area contributed by atoms with E-state index in [0.29, 0.717) is 35.2 Å². The van der Waals surface area contributed by atoms with Crippen molar-refractivity contribution in [3.05, 3.63) is 77.1 Å². The van der Waals surface area contributed by atoms with Gasteiger partial charge in [0.1, 0.15) is 10.0 Å². The van der Waals surface area contributed by atoms with Crippen molar-refractivity contribution in [2.24, 2.45) is 0 Å². The number of aromatic nitrogens is 3. The predicted octanol–water partition coefficient (Wildman–Crippen LogP) is 4.84. The van der Waals surface area contributed by atoms with Crippen LogP contribution in [0.3, 0.4) is 0 Å². The van der Waals surface area contributed by atoms with Gasteiger partial charge in [0.25, 0.3) is 5.91 Å². The number of hydrogen-bond acceptors (Lipinski definition) is 6. The average molecular weight is 493 g/mol. The molecule has 1 N–H and O–H groups in total. The fourth-order valence-electron chi connectivity index (χ4n) is 3.68. The number of carbonyl (C=O) groups excluding carboxylic acids is 1. The Labute approximate surface area is 207 Å².